The lowest BCUT2D eigenvalue weighted by Crippen LogP contribution is -2.22. The van der Waals surface area contributed by atoms with Crippen molar-refractivity contribution in [3.8, 4) is 11.5 Å². The molecule has 0 unspecified atom stereocenters. The summed E-state index contributed by atoms with van der Waals surface area (Å²) in [6.45, 7) is 5.76. The summed E-state index contributed by atoms with van der Waals surface area (Å²) in [5, 5.41) is 11.1. The van der Waals surface area contributed by atoms with Crippen molar-refractivity contribution in [1.82, 2.24) is 10.2 Å². The van der Waals surface area contributed by atoms with Crippen molar-refractivity contribution in [2.24, 2.45) is 0 Å². The number of aromatic nitrogens is 2. The fourth-order valence-corrected chi connectivity index (χ4v) is 3.01. The van der Waals surface area contributed by atoms with Crippen molar-refractivity contribution in [2.75, 3.05) is 5.32 Å². The number of carbonyl (C=O) groups excluding carboxylic acids is 1. The van der Waals surface area contributed by atoms with E-state index in [1.807, 2.05) is 69.3 Å². The molecule has 3 aromatic rings. The van der Waals surface area contributed by atoms with Gasteiger partial charge in [0.25, 0.3) is 5.22 Å². The van der Waals surface area contributed by atoms with Crippen LogP contribution in [0.15, 0.2) is 58.2 Å². The average Bonchev–Trinajstić information content (AvgIpc) is 3.05. The van der Waals surface area contributed by atoms with Crippen LogP contribution in [0.5, 0.6) is 0 Å². The first-order valence-electron chi connectivity index (χ1n) is 7.97. The van der Waals surface area contributed by atoms with Crippen molar-refractivity contribution in [3.05, 3.63) is 59.7 Å². The lowest BCUT2D eigenvalue weighted by molar-refractivity contribution is -0.115. The zero-order valence-corrected chi connectivity index (χ0v) is 15.1. The van der Waals surface area contributed by atoms with E-state index in [0.717, 1.165) is 22.4 Å². The number of carbonyl (C=O) groups is 1. The minimum atomic E-state index is -0.357. The molecule has 0 fully saturated rings. The first-order valence-corrected chi connectivity index (χ1v) is 8.85. The van der Waals surface area contributed by atoms with Crippen LogP contribution < -0.4 is 5.32 Å². The van der Waals surface area contributed by atoms with Crippen molar-refractivity contribution in [2.45, 2.75) is 31.2 Å². The van der Waals surface area contributed by atoms with E-state index in [2.05, 4.69) is 15.5 Å². The highest BCUT2D eigenvalue weighted by molar-refractivity contribution is 8.00. The summed E-state index contributed by atoms with van der Waals surface area (Å²) in [4.78, 5) is 12.4. The summed E-state index contributed by atoms with van der Waals surface area (Å²) in [5.41, 5.74) is 3.80. The van der Waals surface area contributed by atoms with Crippen LogP contribution in [0.25, 0.3) is 11.5 Å². The number of rotatable bonds is 5. The Morgan fingerprint density at radius 3 is 2.44 bits per heavy atom. The molecular formula is C19H19N3O2S. The number of amides is 1. The van der Waals surface area contributed by atoms with Crippen LogP contribution in [0.3, 0.4) is 0 Å². The van der Waals surface area contributed by atoms with E-state index in [9.17, 15) is 4.79 Å². The van der Waals surface area contributed by atoms with Gasteiger partial charge in [0.05, 0.1) is 5.25 Å². The third kappa shape index (κ3) is 4.09. The van der Waals surface area contributed by atoms with Gasteiger partial charge in [-0.2, -0.15) is 0 Å². The molecule has 1 amide bonds. The van der Waals surface area contributed by atoms with E-state index in [1.165, 1.54) is 11.8 Å². The van der Waals surface area contributed by atoms with Crippen molar-refractivity contribution in [3.63, 3.8) is 0 Å². The lowest BCUT2D eigenvalue weighted by atomic mass is 10.1. The predicted octanol–water partition coefficient (Wildman–Crippen LogP) is 4.47. The predicted molar refractivity (Wildman–Crippen MR) is 99.6 cm³/mol. The van der Waals surface area contributed by atoms with Gasteiger partial charge in [-0.05, 0) is 44.0 Å². The molecule has 1 aromatic heterocycles. The summed E-state index contributed by atoms with van der Waals surface area (Å²) in [5.74, 6) is 0.363. The molecule has 0 saturated heterocycles. The van der Waals surface area contributed by atoms with E-state index in [0.29, 0.717) is 11.1 Å². The maximum Gasteiger partial charge on any atom is 0.277 e. The fraction of sp³-hybridized carbons (Fsp3) is 0.211. The standard InChI is InChI=1S/C19H19N3O2S/c1-12-8-4-6-10-15(12)18-21-22-19(24-18)25-14(3)17(23)20-16-11-7-5-9-13(16)2/h4-11,14H,1-3H3,(H,20,23)/t14-/m0/s1. The van der Waals surface area contributed by atoms with Gasteiger partial charge in [0.15, 0.2) is 0 Å². The zero-order chi connectivity index (χ0) is 17.8. The summed E-state index contributed by atoms with van der Waals surface area (Å²) in [6.07, 6.45) is 0. The Hall–Kier alpha value is -2.60. The fourth-order valence-electron chi connectivity index (χ4n) is 2.33. The van der Waals surface area contributed by atoms with Crippen LogP contribution in [0.1, 0.15) is 18.1 Å². The molecule has 0 saturated carbocycles. The summed E-state index contributed by atoms with van der Waals surface area (Å²) in [7, 11) is 0. The molecular weight excluding hydrogens is 334 g/mol. The molecule has 128 valence electrons. The average molecular weight is 353 g/mol. The van der Waals surface area contributed by atoms with Crippen molar-refractivity contribution in [1.29, 1.82) is 0 Å². The minimum Gasteiger partial charge on any atom is -0.411 e. The third-order valence-electron chi connectivity index (χ3n) is 3.83. The maximum absolute atomic E-state index is 12.4. The Bertz CT molecular complexity index is 892. The number of hydrogen-bond donors (Lipinski definition) is 1. The highest BCUT2D eigenvalue weighted by Crippen LogP contribution is 2.28. The molecule has 0 aliphatic carbocycles. The van der Waals surface area contributed by atoms with Gasteiger partial charge < -0.3 is 9.73 Å². The van der Waals surface area contributed by atoms with Gasteiger partial charge in [-0.15, -0.1) is 10.2 Å². The van der Waals surface area contributed by atoms with E-state index < -0.39 is 0 Å². The van der Waals surface area contributed by atoms with Crippen LogP contribution in [-0.2, 0) is 4.79 Å². The van der Waals surface area contributed by atoms with Crippen molar-refractivity contribution >= 4 is 23.4 Å². The zero-order valence-electron chi connectivity index (χ0n) is 14.3. The molecule has 1 heterocycles. The Morgan fingerprint density at radius 2 is 1.72 bits per heavy atom. The van der Waals surface area contributed by atoms with Crippen LogP contribution in [0.4, 0.5) is 5.69 Å². The quantitative estimate of drug-likeness (QED) is 0.685. The van der Waals surface area contributed by atoms with E-state index in [-0.39, 0.29) is 11.2 Å². The first kappa shape index (κ1) is 17.2. The SMILES string of the molecule is Cc1ccccc1NC(=O)[C@H](C)Sc1nnc(-c2ccccc2C)o1. The molecule has 0 spiro atoms. The highest BCUT2D eigenvalue weighted by Gasteiger charge is 2.19. The molecule has 0 aliphatic heterocycles. The number of hydrogen-bond acceptors (Lipinski definition) is 5. The third-order valence-corrected chi connectivity index (χ3v) is 4.77. The topological polar surface area (TPSA) is 68.0 Å². The maximum atomic E-state index is 12.4. The smallest absolute Gasteiger partial charge is 0.277 e. The number of nitrogens with one attached hydrogen (secondary N) is 1. The first-order chi connectivity index (χ1) is 12.0. The van der Waals surface area contributed by atoms with Crippen LogP contribution >= 0.6 is 11.8 Å². The lowest BCUT2D eigenvalue weighted by Gasteiger charge is -2.11. The van der Waals surface area contributed by atoms with Gasteiger partial charge in [0.2, 0.25) is 11.8 Å². The Morgan fingerprint density at radius 1 is 1.04 bits per heavy atom. The molecule has 0 radical (unpaired) electrons. The van der Waals surface area contributed by atoms with E-state index in [1.54, 1.807) is 0 Å². The van der Waals surface area contributed by atoms with Gasteiger partial charge >= 0.3 is 0 Å². The van der Waals surface area contributed by atoms with Gasteiger partial charge in [0.1, 0.15) is 0 Å². The highest BCUT2D eigenvalue weighted by atomic mass is 32.2. The number of anilines is 1. The van der Waals surface area contributed by atoms with Gasteiger partial charge in [-0.3, -0.25) is 4.79 Å². The Kier molecular flexibility index (Phi) is 5.19. The molecule has 25 heavy (non-hydrogen) atoms. The molecule has 1 N–H and O–H groups in total. The monoisotopic (exact) mass is 353 g/mol. The van der Waals surface area contributed by atoms with E-state index in [4.69, 9.17) is 4.42 Å². The molecule has 3 rings (SSSR count). The molecule has 6 heteroatoms. The second-order valence-electron chi connectivity index (χ2n) is 5.75. The largest absolute Gasteiger partial charge is 0.411 e. The molecule has 0 aliphatic rings. The van der Waals surface area contributed by atoms with Gasteiger partial charge in [-0.25, -0.2) is 0 Å². The van der Waals surface area contributed by atoms with E-state index >= 15 is 0 Å². The molecule has 2 aromatic carbocycles. The number of nitrogens with zero attached hydrogens (tertiary/aromatic N) is 2. The summed E-state index contributed by atoms with van der Waals surface area (Å²) in [6, 6.07) is 15.5. The summed E-state index contributed by atoms with van der Waals surface area (Å²) < 4.78 is 5.71. The minimum absolute atomic E-state index is 0.102. The Balaban J connectivity index is 1.67. The second kappa shape index (κ2) is 7.53. The second-order valence-corrected chi connectivity index (χ2v) is 7.04. The number of para-hydroxylation sites is 1. The number of benzene rings is 2. The van der Waals surface area contributed by atoms with Gasteiger partial charge in [-0.1, -0.05) is 48.2 Å². The Labute approximate surface area is 150 Å². The van der Waals surface area contributed by atoms with Gasteiger partial charge in [0, 0.05) is 11.3 Å². The van der Waals surface area contributed by atoms with Crippen molar-refractivity contribution < 1.29 is 9.21 Å². The molecule has 1 atom stereocenters. The van der Waals surface area contributed by atoms with Crippen LogP contribution in [-0.4, -0.2) is 21.4 Å². The van der Waals surface area contributed by atoms with Crippen LogP contribution in [0, 0.1) is 13.8 Å². The number of aryl methyl sites for hydroxylation is 2. The molecule has 0 bridgehead atoms. The summed E-state index contributed by atoms with van der Waals surface area (Å²) >= 11 is 1.25. The normalized spacial score (nSPS) is 12.0. The molecule has 5 nitrogen and oxygen atoms in total. The number of thioether (sulfide) groups is 1. The van der Waals surface area contributed by atoms with Crippen LogP contribution in [0.2, 0.25) is 0 Å².